The van der Waals surface area contributed by atoms with Crippen LogP contribution in [0.5, 0.6) is 0 Å². The average Bonchev–Trinajstić information content (AvgIpc) is 2.86. The van der Waals surface area contributed by atoms with Crippen molar-refractivity contribution in [3.8, 4) is 11.1 Å². The standard InChI is InChI=1S/C16H14N2S/c17-16-18-11-15(19-16)10-12-6-8-14(9-7-12)13-4-2-1-3-5-13/h1-9,11H,10H2,(H2,17,18). The van der Waals surface area contributed by atoms with Gasteiger partial charge in [-0.15, -0.1) is 11.3 Å². The molecule has 0 spiro atoms. The third kappa shape index (κ3) is 2.83. The first-order chi connectivity index (χ1) is 9.31. The van der Waals surface area contributed by atoms with Crippen LogP contribution in [0.1, 0.15) is 10.4 Å². The molecule has 3 heteroatoms. The monoisotopic (exact) mass is 266 g/mol. The highest BCUT2D eigenvalue weighted by Crippen LogP contribution is 2.22. The molecule has 0 aliphatic carbocycles. The summed E-state index contributed by atoms with van der Waals surface area (Å²) in [5, 5.41) is 0.635. The molecule has 0 amide bonds. The van der Waals surface area contributed by atoms with Gasteiger partial charge >= 0.3 is 0 Å². The summed E-state index contributed by atoms with van der Waals surface area (Å²) < 4.78 is 0. The van der Waals surface area contributed by atoms with Crippen molar-refractivity contribution < 1.29 is 0 Å². The third-order valence-corrected chi connectivity index (χ3v) is 3.84. The van der Waals surface area contributed by atoms with E-state index in [1.165, 1.54) is 21.6 Å². The van der Waals surface area contributed by atoms with Gasteiger partial charge in [-0.3, -0.25) is 0 Å². The highest BCUT2D eigenvalue weighted by Gasteiger charge is 2.02. The molecular formula is C16H14N2S. The van der Waals surface area contributed by atoms with Gasteiger partial charge in [0.1, 0.15) is 0 Å². The Morgan fingerprint density at radius 2 is 1.58 bits per heavy atom. The number of nitrogen functional groups attached to an aromatic ring is 1. The Morgan fingerprint density at radius 3 is 2.21 bits per heavy atom. The van der Waals surface area contributed by atoms with Crippen molar-refractivity contribution in [2.45, 2.75) is 6.42 Å². The zero-order valence-corrected chi connectivity index (χ0v) is 11.2. The Morgan fingerprint density at radius 1 is 0.895 bits per heavy atom. The van der Waals surface area contributed by atoms with Crippen molar-refractivity contribution in [2.24, 2.45) is 0 Å². The summed E-state index contributed by atoms with van der Waals surface area (Å²) in [6.45, 7) is 0. The second-order valence-corrected chi connectivity index (χ2v) is 5.55. The zero-order valence-electron chi connectivity index (χ0n) is 10.4. The van der Waals surface area contributed by atoms with Crippen LogP contribution in [0.15, 0.2) is 60.8 Å². The van der Waals surface area contributed by atoms with Gasteiger partial charge in [-0.1, -0.05) is 54.6 Å². The minimum atomic E-state index is 0.635. The van der Waals surface area contributed by atoms with Gasteiger partial charge in [0, 0.05) is 17.5 Å². The molecule has 0 aliphatic heterocycles. The number of nitrogens with two attached hydrogens (primary N) is 1. The normalized spacial score (nSPS) is 10.5. The molecule has 0 saturated heterocycles. The van der Waals surface area contributed by atoms with Gasteiger partial charge in [0.25, 0.3) is 0 Å². The lowest BCUT2D eigenvalue weighted by molar-refractivity contribution is 1.22. The molecular weight excluding hydrogens is 252 g/mol. The maximum Gasteiger partial charge on any atom is 0.180 e. The van der Waals surface area contributed by atoms with Crippen LogP contribution in [-0.4, -0.2) is 4.98 Å². The van der Waals surface area contributed by atoms with Crippen LogP contribution in [0.3, 0.4) is 0 Å². The topological polar surface area (TPSA) is 38.9 Å². The van der Waals surface area contributed by atoms with Crippen LogP contribution in [0, 0.1) is 0 Å². The van der Waals surface area contributed by atoms with E-state index in [9.17, 15) is 0 Å². The van der Waals surface area contributed by atoms with Gasteiger partial charge < -0.3 is 5.73 Å². The van der Waals surface area contributed by atoms with Gasteiger partial charge in [0.05, 0.1) is 0 Å². The fraction of sp³-hybridized carbons (Fsp3) is 0.0625. The Hall–Kier alpha value is -2.13. The molecule has 3 rings (SSSR count). The SMILES string of the molecule is Nc1ncc(Cc2ccc(-c3ccccc3)cc2)s1. The van der Waals surface area contributed by atoms with Crippen molar-refractivity contribution in [3.63, 3.8) is 0 Å². The van der Waals surface area contributed by atoms with Crippen LogP contribution >= 0.6 is 11.3 Å². The van der Waals surface area contributed by atoms with E-state index in [0.717, 1.165) is 6.42 Å². The fourth-order valence-electron chi connectivity index (χ4n) is 2.05. The van der Waals surface area contributed by atoms with Gasteiger partial charge in [0.15, 0.2) is 5.13 Å². The molecule has 2 aromatic carbocycles. The molecule has 1 aromatic heterocycles. The van der Waals surface area contributed by atoms with Crippen LogP contribution in [-0.2, 0) is 6.42 Å². The summed E-state index contributed by atoms with van der Waals surface area (Å²) in [6.07, 6.45) is 2.75. The Labute approximate surface area is 116 Å². The molecule has 0 saturated carbocycles. The van der Waals surface area contributed by atoms with Crippen molar-refractivity contribution in [2.75, 3.05) is 5.73 Å². The van der Waals surface area contributed by atoms with Crippen LogP contribution in [0.2, 0.25) is 0 Å². The van der Waals surface area contributed by atoms with Crippen molar-refractivity contribution >= 4 is 16.5 Å². The maximum absolute atomic E-state index is 5.64. The number of aromatic nitrogens is 1. The van der Waals surface area contributed by atoms with E-state index < -0.39 is 0 Å². The number of nitrogens with zero attached hydrogens (tertiary/aromatic N) is 1. The van der Waals surface area contributed by atoms with Crippen LogP contribution < -0.4 is 5.73 Å². The van der Waals surface area contributed by atoms with E-state index in [1.807, 2.05) is 12.3 Å². The zero-order chi connectivity index (χ0) is 13.1. The van der Waals surface area contributed by atoms with Crippen LogP contribution in [0.25, 0.3) is 11.1 Å². The second-order valence-electron chi connectivity index (χ2n) is 4.40. The highest BCUT2D eigenvalue weighted by molar-refractivity contribution is 7.15. The fourth-order valence-corrected chi connectivity index (χ4v) is 2.77. The Bertz CT molecular complexity index is 657. The molecule has 0 unspecified atom stereocenters. The first-order valence-corrected chi connectivity index (χ1v) is 6.97. The van der Waals surface area contributed by atoms with Crippen molar-refractivity contribution in [1.82, 2.24) is 4.98 Å². The van der Waals surface area contributed by atoms with E-state index >= 15 is 0 Å². The minimum absolute atomic E-state index is 0.635. The summed E-state index contributed by atoms with van der Waals surface area (Å²) in [6, 6.07) is 19.1. The largest absolute Gasteiger partial charge is 0.375 e. The van der Waals surface area contributed by atoms with E-state index in [-0.39, 0.29) is 0 Å². The molecule has 0 bridgehead atoms. The first-order valence-electron chi connectivity index (χ1n) is 6.16. The number of hydrogen-bond donors (Lipinski definition) is 1. The molecule has 0 fully saturated rings. The number of hydrogen-bond acceptors (Lipinski definition) is 3. The van der Waals surface area contributed by atoms with Crippen LogP contribution in [0.4, 0.5) is 5.13 Å². The number of benzene rings is 2. The molecule has 3 aromatic rings. The smallest absolute Gasteiger partial charge is 0.180 e. The molecule has 2 nitrogen and oxygen atoms in total. The Balaban J connectivity index is 1.79. The van der Waals surface area contributed by atoms with Gasteiger partial charge in [0.2, 0.25) is 0 Å². The summed E-state index contributed by atoms with van der Waals surface area (Å²) in [5.74, 6) is 0. The molecule has 94 valence electrons. The highest BCUT2D eigenvalue weighted by atomic mass is 32.1. The summed E-state index contributed by atoms with van der Waals surface area (Å²) >= 11 is 1.55. The quantitative estimate of drug-likeness (QED) is 0.778. The summed E-state index contributed by atoms with van der Waals surface area (Å²) in [4.78, 5) is 5.27. The molecule has 0 radical (unpaired) electrons. The molecule has 0 atom stereocenters. The predicted molar refractivity (Wildman–Crippen MR) is 81.2 cm³/mol. The summed E-state index contributed by atoms with van der Waals surface area (Å²) in [5.41, 5.74) is 9.41. The predicted octanol–water partition coefficient (Wildman–Crippen LogP) is 3.98. The molecule has 19 heavy (non-hydrogen) atoms. The summed E-state index contributed by atoms with van der Waals surface area (Å²) in [7, 11) is 0. The number of thiazole rings is 1. The second kappa shape index (κ2) is 5.24. The lowest BCUT2D eigenvalue weighted by atomic mass is 10.0. The van der Waals surface area contributed by atoms with Gasteiger partial charge in [-0.25, -0.2) is 4.98 Å². The van der Waals surface area contributed by atoms with Gasteiger partial charge in [-0.05, 0) is 16.7 Å². The minimum Gasteiger partial charge on any atom is -0.375 e. The van der Waals surface area contributed by atoms with E-state index in [2.05, 4.69) is 53.5 Å². The average molecular weight is 266 g/mol. The lowest BCUT2D eigenvalue weighted by Gasteiger charge is -2.03. The molecule has 1 heterocycles. The van der Waals surface area contributed by atoms with E-state index in [4.69, 9.17) is 5.73 Å². The Kier molecular flexibility index (Phi) is 3.29. The third-order valence-electron chi connectivity index (χ3n) is 3.01. The van der Waals surface area contributed by atoms with Crippen molar-refractivity contribution in [3.05, 3.63) is 71.2 Å². The molecule has 0 aliphatic rings. The van der Waals surface area contributed by atoms with E-state index in [0.29, 0.717) is 5.13 Å². The first kappa shape index (κ1) is 11.9. The number of rotatable bonds is 3. The van der Waals surface area contributed by atoms with Gasteiger partial charge in [-0.2, -0.15) is 0 Å². The van der Waals surface area contributed by atoms with E-state index in [1.54, 1.807) is 11.3 Å². The molecule has 2 N–H and O–H groups in total. The van der Waals surface area contributed by atoms with Crippen molar-refractivity contribution in [1.29, 1.82) is 0 Å². The lowest BCUT2D eigenvalue weighted by Crippen LogP contribution is -1.85. The number of anilines is 1. The maximum atomic E-state index is 5.64.